The molecule has 2 aromatic carbocycles. The van der Waals surface area contributed by atoms with Gasteiger partial charge in [0, 0.05) is 0 Å². The molecule has 2 aromatic rings. The van der Waals surface area contributed by atoms with Crippen LogP contribution >= 0.6 is 0 Å². The van der Waals surface area contributed by atoms with Gasteiger partial charge in [-0.25, -0.2) is 0 Å². The summed E-state index contributed by atoms with van der Waals surface area (Å²) in [6, 6.07) is 0. The normalized spacial score (nSPS) is 10.4. The number of nitro benzene ring substituents is 6. The lowest BCUT2D eigenvalue weighted by Gasteiger charge is -2.12. The lowest BCUT2D eigenvalue weighted by molar-refractivity contribution is -0.409. The monoisotopic (exact) mass is 518 g/mol. The van der Waals surface area contributed by atoms with Gasteiger partial charge in [-0.3, -0.25) is 60.7 Å². The number of methoxy groups -OCH3 is 1. The second kappa shape index (κ2) is 9.00. The summed E-state index contributed by atoms with van der Waals surface area (Å²) >= 11 is 0. The highest BCUT2D eigenvalue weighted by molar-refractivity contribution is 5.86. The van der Waals surface area contributed by atoms with E-state index in [2.05, 4.69) is 9.47 Å². The van der Waals surface area contributed by atoms with E-state index in [1.165, 1.54) is 0 Å². The second-order valence-electron chi connectivity index (χ2n) is 5.97. The average molecular weight is 518 g/mol. The zero-order valence-electron chi connectivity index (χ0n) is 16.7. The van der Waals surface area contributed by atoms with Crippen LogP contribution in [0.5, 0.6) is 34.5 Å². The predicted octanol–water partition coefficient (Wildman–Crippen LogP) is 2.05. The third kappa shape index (κ3) is 3.89. The number of phenols is 3. The molecular formula is C13H6N6O17. The molecule has 0 fully saturated rings. The van der Waals surface area contributed by atoms with Crippen LogP contribution in [0.4, 0.5) is 34.1 Å². The van der Waals surface area contributed by atoms with Crippen molar-refractivity contribution in [2.45, 2.75) is 0 Å². The van der Waals surface area contributed by atoms with Crippen molar-refractivity contribution >= 4 is 34.1 Å². The first-order valence-corrected chi connectivity index (χ1v) is 8.22. The molecule has 2 rings (SSSR count). The first-order chi connectivity index (χ1) is 16.6. The maximum atomic E-state index is 11.6. The number of ether oxygens (including phenoxy) is 2. The predicted molar refractivity (Wildman–Crippen MR) is 104 cm³/mol. The highest BCUT2D eigenvalue weighted by Gasteiger charge is 2.50. The highest BCUT2D eigenvalue weighted by Crippen LogP contribution is 2.61. The van der Waals surface area contributed by atoms with E-state index in [-0.39, 0.29) is 0 Å². The zero-order valence-corrected chi connectivity index (χ0v) is 16.7. The van der Waals surface area contributed by atoms with Crippen LogP contribution in [0.1, 0.15) is 0 Å². The fourth-order valence-electron chi connectivity index (χ4n) is 2.82. The van der Waals surface area contributed by atoms with Crippen molar-refractivity contribution in [1.29, 1.82) is 0 Å². The number of hydrogen-bond donors (Lipinski definition) is 3. The Kier molecular flexibility index (Phi) is 6.52. The Morgan fingerprint density at radius 1 is 0.472 bits per heavy atom. The third-order valence-corrected chi connectivity index (χ3v) is 4.14. The minimum atomic E-state index is -2.08. The molecule has 0 bridgehead atoms. The second-order valence-corrected chi connectivity index (χ2v) is 5.97. The van der Waals surface area contributed by atoms with Crippen molar-refractivity contribution in [2.75, 3.05) is 7.11 Å². The van der Waals surface area contributed by atoms with Crippen molar-refractivity contribution in [3.8, 4) is 34.5 Å². The van der Waals surface area contributed by atoms with Gasteiger partial charge in [-0.15, -0.1) is 0 Å². The number of rotatable bonds is 9. The van der Waals surface area contributed by atoms with Gasteiger partial charge in [0.25, 0.3) is 34.5 Å². The number of hydrogen-bond acceptors (Lipinski definition) is 17. The molecule has 0 heterocycles. The molecule has 0 saturated carbocycles. The molecule has 0 saturated heterocycles. The average Bonchev–Trinajstić information content (AvgIpc) is 2.71. The van der Waals surface area contributed by atoms with Gasteiger partial charge in [0.15, 0.2) is 0 Å². The minimum absolute atomic E-state index is 0.554. The summed E-state index contributed by atoms with van der Waals surface area (Å²) in [6.07, 6.45) is 0. The Bertz CT molecular complexity index is 1360. The van der Waals surface area contributed by atoms with E-state index in [4.69, 9.17) is 0 Å². The molecule has 0 aliphatic heterocycles. The van der Waals surface area contributed by atoms with Crippen molar-refractivity contribution in [3.05, 3.63) is 60.7 Å². The molecule has 36 heavy (non-hydrogen) atoms. The smallest absolute Gasteiger partial charge is 0.367 e. The highest BCUT2D eigenvalue weighted by atomic mass is 16.7. The molecule has 190 valence electrons. The number of benzene rings is 2. The molecule has 0 spiro atoms. The lowest BCUT2D eigenvalue weighted by Crippen LogP contribution is -2.07. The summed E-state index contributed by atoms with van der Waals surface area (Å²) in [5.41, 5.74) is -11.8. The quantitative estimate of drug-likeness (QED) is 0.315. The zero-order chi connectivity index (χ0) is 27.8. The van der Waals surface area contributed by atoms with Crippen LogP contribution < -0.4 is 9.47 Å². The molecule has 3 N–H and O–H groups in total. The molecule has 0 atom stereocenters. The standard InChI is InChI=1S/C13H6N6O17/c1-35-11-3(15(25)26)10(22)6(18(31)32)13(7(11)19(33)34)36-12-4(16(27)28)8(20)2(14(23)24)9(21)5(12)17(29)30/h20-22H,1H3. The fourth-order valence-corrected chi connectivity index (χ4v) is 2.82. The molecule has 23 heteroatoms. The van der Waals surface area contributed by atoms with Crippen molar-refractivity contribution in [1.82, 2.24) is 0 Å². The van der Waals surface area contributed by atoms with Crippen LogP contribution in [0.25, 0.3) is 0 Å². The van der Waals surface area contributed by atoms with Crippen molar-refractivity contribution < 1.29 is 54.3 Å². The first kappa shape index (κ1) is 26.1. The molecule has 0 unspecified atom stereocenters. The molecule has 0 aromatic heterocycles. The van der Waals surface area contributed by atoms with Crippen molar-refractivity contribution in [3.63, 3.8) is 0 Å². The van der Waals surface area contributed by atoms with Crippen LogP contribution in [-0.2, 0) is 0 Å². The summed E-state index contributed by atoms with van der Waals surface area (Å²) in [6.45, 7) is 0. The Hall–Kier alpha value is -6.16. The van der Waals surface area contributed by atoms with Gasteiger partial charge in [0.1, 0.15) is 0 Å². The number of nitrogens with zero attached hydrogens (tertiary/aromatic N) is 6. The number of nitro groups is 6. The van der Waals surface area contributed by atoms with Crippen LogP contribution in [0.15, 0.2) is 0 Å². The molecule has 0 aliphatic rings. The Labute approximate surface area is 191 Å². The lowest BCUT2D eigenvalue weighted by atomic mass is 10.1. The van der Waals surface area contributed by atoms with E-state index >= 15 is 0 Å². The van der Waals surface area contributed by atoms with Gasteiger partial charge in [-0.1, -0.05) is 0 Å². The van der Waals surface area contributed by atoms with Gasteiger partial charge in [-0.2, -0.15) is 0 Å². The maximum Gasteiger partial charge on any atom is 0.367 e. The topological polar surface area (TPSA) is 338 Å². The molecular weight excluding hydrogens is 512 g/mol. The van der Waals surface area contributed by atoms with E-state index in [1.807, 2.05) is 0 Å². The van der Waals surface area contributed by atoms with Gasteiger partial charge in [-0.05, 0) is 0 Å². The van der Waals surface area contributed by atoms with E-state index in [0.29, 0.717) is 7.11 Å². The summed E-state index contributed by atoms with van der Waals surface area (Å²) in [4.78, 5) is 58.4. The number of phenolic OH excluding ortho intramolecular Hbond substituents is 3. The van der Waals surface area contributed by atoms with Crippen LogP contribution in [0.2, 0.25) is 0 Å². The van der Waals surface area contributed by atoms with Gasteiger partial charge >= 0.3 is 34.1 Å². The minimum Gasteiger partial charge on any atom is -0.497 e. The Morgan fingerprint density at radius 3 is 1.00 bits per heavy atom. The molecule has 0 amide bonds. The van der Waals surface area contributed by atoms with Crippen LogP contribution in [-0.4, -0.2) is 52.0 Å². The van der Waals surface area contributed by atoms with Gasteiger partial charge in [0.05, 0.1) is 36.6 Å². The van der Waals surface area contributed by atoms with Crippen molar-refractivity contribution in [2.24, 2.45) is 0 Å². The van der Waals surface area contributed by atoms with Gasteiger partial charge < -0.3 is 24.8 Å². The fraction of sp³-hybridized carbons (Fsp3) is 0.0769. The largest absolute Gasteiger partial charge is 0.497 e. The first-order valence-electron chi connectivity index (χ1n) is 8.22. The van der Waals surface area contributed by atoms with Gasteiger partial charge in [0.2, 0.25) is 0 Å². The Morgan fingerprint density at radius 2 is 0.722 bits per heavy atom. The molecule has 23 nitrogen and oxygen atoms in total. The number of aromatic hydroxyl groups is 3. The molecule has 0 aliphatic carbocycles. The Balaban J connectivity index is 3.25. The summed E-state index contributed by atoms with van der Waals surface area (Å²) in [7, 11) is 0.554. The van der Waals surface area contributed by atoms with Crippen LogP contribution in [0.3, 0.4) is 0 Å². The van der Waals surface area contributed by atoms with E-state index in [9.17, 15) is 76.0 Å². The van der Waals surface area contributed by atoms with E-state index in [1.54, 1.807) is 0 Å². The summed E-state index contributed by atoms with van der Waals surface area (Å²) in [5.74, 6) is -11.6. The van der Waals surface area contributed by atoms with E-state index < -0.39 is 98.2 Å². The maximum absolute atomic E-state index is 11.6. The van der Waals surface area contributed by atoms with E-state index in [0.717, 1.165) is 0 Å². The summed E-state index contributed by atoms with van der Waals surface area (Å²) < 4.78 is 9.08. The van der Waals surface area contributed by atoms with Crippen LogP contribution in [0, 0.1) is 60.7 Å². The molecule has 0 radical (unpaired) electrons. The summed E-state index contributed by atoms with van der Waals surface area (Å²) in [5, 5.41) is 98.4. The third-order valence-electron chi connectivity index (χ3n) is 4.14. The SMILES string of the molecule is COc1c([N+](=O)[O-])c(O)c([N+](=O)[O-])c(Oc2c([N+](=O)[O-])c(O)c([N+](=O)[O-])c(O)c2[N+](=O)[O-])c1[N+](=O)[O-].